The lowest BCUT2D eigenvalue weighted by molar-refractivity contribution is -0.530. The van der Waals surface area contributed by atoms with Crippen molar-refractivity contribution < 1.29 is 4.92 Å². The third-order valence-corrected chi connectivity index (χ3v) is 4.44. The minimum absolute atomic E-state index is 0.0613. The summed E-state index contributed by atoms with van der Waals surface area (Å²) in [5.74, 6) is 0.625. The molecule has 0 amide bonds. The summed E-state index contributed by atoms with van der Waals surface area (Å²) in [5.41, 5.74) is 0.435. The van der Waals surface area contributed by atoms with Crippen LogP contribution in [0.25, 0.3) is 0 Å². The Balaban J connectivity index is 2.05. The van der Waals surface area contributed by atoms with Crippen LogP contribution in [0.4, 0.5) is 0 Å². The van der Waals surface area contributed by atoms with E-state index in [4.69, 9.17) is 0 Å². The van der Waals surface area contributed by atoms with Crippen molar-refractivity contribution in [2.24, 2.45) is 11.3 Å². The monoisotopic (exact) mass is 197 g/mol. The number of rotatable bonds is 1. The zero-order valence-corrected chi connectivity index (χ0v) is 8.87. The molecule has 0 bridgehead atoms. The summed E-state index contributed by atoms with van der Waals surface area (Å²) in [6.07, 6.45) is 7.84. The van der Waals surface area contributed by atoms with Gasteiger partial charge < -0.3 is 0 Å². The predicted molar refractivity (Wildman–Crippen MR) is 54.7 cm³/mol. The van der Waals surface area contributed by atoms with E-state index in [1.165, 1.54) is 25.7 Å². The molecule has 3 heteroatoms. The van der Waals surface area contributed by atoms with E-state index in [1.54, 1.807) is 0 Å². The van der Waals surface area contributed by atoms with E-state index < -0.39 is 0 Å². The lowest BCUT2D eigenvalue weighted by Gasteiger charge is -2.45. The second kappa shape index (κ2) is 3.52. The molecular formula is C11H19NO2. The Morgan fingerprint density at radius 2 is 2.07 bits per heavy atom. The quantitative estimate of drug-likeness (QED) is 0.479. The highest BCUT2D eigenvalue weighted by atomic mass is 16.6. The molecule has 0 aromatic heterocycles. The highest BCUT2D eigenvalue weighted by Crippen LogP contribution is 2.50. The minimum atomic E-state index is -0.244. The van der Waals surface area contributed by atoms with Crippen LogP contribution in [-0.4, -0.2) is 11.0 Å². The molecule has 2 rings (SSSR count). The topological polar surface area (TPSA) is 43.1 Å². The van der Waals surface area contributed by atoms with Crippen molar-refractivity contribution in [3.63, 3.8) is 0 Å². The molecule has 14 heavy (non-hydrogen) atoms. The lowest BCUT2D eigenvalue weighted by Crippen LogP contribution is -2.41. The van der Waals surface area contributed by atoms with Crippen LogP contribution in [0.2, 0.25) is 0 Å². The summed E-state index contributed by atoms with van der Waals surface area (Å²) < 4.78 is 0. The largest absolute Gasteiger partial charge is 0.264 e. The van der Waals surface area contributed by atoms with Crippen molar-refractivity contribution in [2.45, 2.75) is 57.9 Å². The first kappa shape index (κ1) is 9.94. The molecule has 2 saturated carbocycles. The highest BCUT2D eigenvalue weighted by molar-refractivity contribution is 4.91. The summed E-state index contributed by atoms with van der Waals surface area (Å²) in [6, 6.07) is -0.244. The molecule has 0 saturated heterocycles. The van der Waals surface area contributed by atoms with Gasteiger partial charge in [-0.3, -0.25) is 10.1 Å². The Morgan fingerprint density at radius 3 is 2.79 bits per heavy atom. The molecule has 2 aliphatic rings. The second-order valence-corrected chi connectivity index (χ2v) is 5.31. The Bertz CT molecular complexity index is 241. The maximum absolute atomic E-state index is 10.7. The molecule has 2 aliphatic carbocycles. The van der Waals surface area contributed by atoms with Crippen molar-refractivity contribution in [3.8, 4) is 0 Å². The maximum atomic E-state index is 10.7. The maximum Gasteiger partial charge on any atom is 0.213 e. The molecule has 0 aromatic carbocycles. The summed E-state index contributed by atoms with van der Waals surface area (Å²) in [7, 11) is 0. The van der Waals surface area contributed by atoms with Crippen LogP contribution in [0, 0.1) is 21.4 Å². The van der Waals surface area contributed by atoms with E-state index in [9.17, 15) is 10.1 Å². The van der Waals surface area contributed by atoms with Crippen LogP contribution < -0.4 is 0 Å². The van der Waals surface area contributed by atoms with E-state index in [0.717, 1.165) is 19.3 Å². The number of nitrogens with zero attached hydrogens (tertiary/aromatic N) is 1. The second-order valence-electron chi connectivity index (χ2n) is 5.31. The molecule has 3 nitrogen and oxygen atoms in total. The summed E-state index contributed by atoms with van der Waals surface area (Å²) in [6.45, 7) is 2.34. The van der Waals surface area contributed by atoms with Gasteiger partial charge in [-0.25, -0.2) is 0 Å². The molecule has 0 radical (unpaired) electrons. The zero-order chi connectivity index (χ0) is 10.2. The zero-order valence-electron chi connectivity index (χ0n) is 8.87. The van der Waals surface area contributed by atoms with Gasteiger partial charge in [0.2, 0.25) is 6.04 Å². The van der Waals surface area contributed by atoms with Crippen molar-refractivity contribution in [1.29, 1.82) is 0 Å². The van der Waals surface area contributed by atoms with Crippen molar-refractivity contribution in [3.05, 3.63) is 10.1 Å². The first-order valence-corrected chi connectivity index (χ1v) is 5.75. The number of nitro groups is 1. The smallest absolute Gasteiger partial charge is 0.213 e. The van der Waals surface area contributed by atoms with Crippen LogP contribution in [0.3, 0.4) is 0 Å². The molecule has 0 spiro atoms. The molecule has 0 aliphatic heterocycles. The number of hydrogen-bond donors (Lipinski definition) is 0. The molecule has 0 N–H and O–H groups in total. The Hall–Kier alpha value is -0.600. The predicted octanol–water partition coefficient (Wildman–Crippen LogP) is 3.01. The Kier molecular flexibility index (Phi) is 2.50. The van der Waals surface area contributed by atoms with Crippen molar-refractivity contribution >= 4 is 0 Å². The van der Waals surface area contributed by atoms with Gasteiger partial charge in [-0.1, -0.05) is 19.8 Å². The molecule has 0 heterocycles. The van der Waals surface area contributed by atoms with Crippen LogP contribution in [-0.2, 0) is 0 Å². The van der Waals surface area contributed by atoms with Gasteiger partial charge in [0.05, 0.1) is 0 Å². The van der Waals surface area contributed by atoms with Crippen LogP contribution in [0.1, 0.15) is 51.9 Å². The summed E-state index contributed by atoms with van der Waals surface area (Å²) >= 11 is 0. The molecule has 0 aromatic rings. The van der Waals surface area contributed by atoms with Crippen LogP contribution >= 0.6 is 0 Å². The molecule has 2 fully saturated rings. The first-order chi connectivity index (χ1) is 6.62. The van der Waals surface area contributed by atoms with E-state index in [2.05, 4.69) is 6.92 Å². The fourth-order valence-electron chi connectivity index (χ4n) is 3.34. The SMILES string of the molecule is C[C@]12CCCCC1CC([N+](=O)[O-])CC2. The van der Waals surface area contributed by atoms with Crippen LogP contribution in [0.5, 0.6) is 0 Å². The van der Waals surface area contributed by atoms with Gasteiger partial charge >= 0.3 is 0 Å². The van der Waals surface area contributed by atoms with Gasteiger partial charge in [-0.05, 0) is 30.6 Å². The van der Waals surface area contributed by atoms with Gasteiger partial charge in [-0.15, -0.1) is 0 Å². The highest BCUT2D eigenvalue weighted by Gasteiger charge is 2.44. The van der Waals surface area contributed by atoms with E-state index in [1.807, 2.05) is 0 Å². The minimum Gasteiger partial charge on any atom is -0.264 e. The molecule has 2 unspecified atom stereocenters. The summed E-state index contributed by atoms with van der Waals surface area (Å²) in [5, 5.41) is 10.7. The fourth-order valence-corrected chi connectivity index (χ4v) is 3.34. The standard InChI is InChI=1S/C11H19NO2/c1-11-6-3-2-4-9(11)8-10(5-7-11)12(13)14/h9-10H,2-8H2,1H3/t9?,10?,11-/m1/s1. The average molecular weight is 197 g/mol. The van der Waals surface area contributed by atoms with Gasteiger partial charge in [0.25, 0.3) is 0 Å². The number of fused-ring (bicyclic) bond motifs is 1. The first-order valence-electron chi connectivity index (χ1n) is 5.75. The normalized spacial score (nSPS) is 42.9. The molecular weight excluding hydrogens is 178 g/mol. The van der Waals surface area contributed by atoms with Gasteiger partial charge in [0.15, 0.2) is 0 Å². The van der Waals surface area contributed by atoms with Crippen molar-refractivity contribution in [1.82, 2.24) is 0 Å². The van der Waals surface area contributed by atoms with Gasteiger partial charge in [0.1, 0.15) is 0 Å². The van der Waals surface area contributed by atoms with Crippen molar-refractivity contribution in [2.75, 3.05) is 0 Å². The van der Waals surface area contributed by atoms with Crippen LogP contribution in [0.15, 0.2) is 0 Å². The van der Waals surface area contributed by atoms with E-state index >= 15 is 0 Å². The average Bonchev–Trinajstić information content (AvgIpc) is 2.16. The molecule has 80 valence electrons. The Labute approximate surface area is 85.0 Å². The number of hydrogen-bond acceptors (Lipinski definition) is 2. The van der Waals surface area contributed by atoms with E-state index in [-0.39, 0.29) is 11.0 Å². The lowest BCUT2D eigenvalue weighted by atomic mass is 9.60. The summed E-state index contributed by atoms with van der Waals surface area (Å²) in [4.78, 5) is 10.7. The van der Waals surface area contributed by atoms with Gasteiger partial charge in [-0.2, -0.15) is 0 Å². The van der Waals surface area contributed by atoms with Gasteiger partial charge in [0, 0.05) is 17.8 Å². The molecule has 3 atom stereocenters. The third-order valence-electron chi connectivity index (χ3n) is 4.44. The van der Waals surface area contributed by atoms with E-state index in [0.29, 0.717) is 11.3 Å². The Morgan fingerprint density at radius 1 is 1.29 bits per heavy atom. The third kappa shape index (κ3) is 1.64. The fraction of sp³-hybridized carbons (Fsp3) is 1.00.